The van der Waals surface area contributed by atoms with Crippen LogP contribution in [0, 0.1) is 5.92 Å². The van der Waals surface area contributed by atoms with Crippen LogP contribution in [0.4, 0.5) is 11.4 Å². The highest BCUT2D eigenvalue weighted by Gasteiger charge is 2.28. The molecule has 0 radical (unpaired) electrons. The van der Waals surface area contributed by atoms with Crippen molar-refractivity contribution in [1.82, 2.24) is 0 Å². The smallest absolute Gasteiger partial charge is 0.123 e. The van der Waals surface area contributed by atoms with E-state index in [1.807, 2.05) is 25.1 Å². The highest BCUT2D eigenvalue weighted by Crippen LogP contribution is 2.31. The van der Waals surface area contributed by atoms with Crippen LogP contribution in [0.3, 0.4) is 0 Å². The molecule has 0 heterocycles. The second kappa shape index (κ2) is 5.48. The average molecular weight is 250 g/mol. The van der Waals surface area contributed by atoms with E-state index in [1.54, 1.807) is 0 Å². The molecule has 1 aromatic rings. The van der Waals surface area contributed by atoms with Gasteiger partial charge in [-0.3, -0.25) is 0 Å². The van der Waals surface area contributed by atoms with Crippen molar-refractivity contribution in [3.05, 3.63) is 18.2 Å². The van der Waals surface area contributed by atoms with Crippen LogP contribution in [-0.4, -0.2) is 31.4 Å². The number of aliphatic hydroxyl groups excluding tert-OH is 1. The molecule has 0 unspecified atom stereocenters. The summed E-state index contributed by atoms with van der Waals surface area (Å²) in [5, 5.41) is 9.30. The molecule has 3 N–H and O–H groups in total. The molecule has 0 aliphatic heterocycles. The number of anilines is 2. The van der Waals surface area contributed by atoms with Gasteiger partial charge in [-0.1, -0.05) is 0 Å². The Hall–Kier alpha value is -1.42. The molecule has 1 aliphatic rings. The second-order valence-corrected chi connectivity index (χ2v) is 5.07. The van der Waals surface area contributed by atoms with Gasteiger partial charge in [-0.2, -0.15) is 0 Å². The highest BCUT2D eigenvalue weighted by molar-refractivity contribution is 5.60. The third-order valence-electron chi connectivity index (χ3n) is 3.41. The quantitative estimate of drug-likeness (QED) is 0.783. The number of nitrogen functional groups attached to an aromatic ring is 1. The lowest BCUT2D eigenvalue weighted by Gasteiger charge is -2.35. The molecule has 4 heteroatoms. The van der Waals surface area contributed by atoms with Gasteiger partial charge >= 0.3 is 0 Å². The van der Waals surface area contributed by atoms with Gasteiger partial charge in [0.25, 0.3) is 0 Å². The summed E-state index contributed by atoms with van der Waals surface area (Å²) < 4.78 is 5.49. The second-order valence-electron chi connectivity index (χ2n) is 5.07. The van der Waals surface area contributed by atoms with E-state index >= 15 is 0 Å². The van der Waals surface area contributed by atoms with Gasteiger partial charge in [0.15, 0.2) is 0 Å². The summed E-state index contributed by atoms with van der Waals surface area (Å²) in [6, 6.07) is 5.81. The molecule has 100 valence electrons. The fraction of sp³-hybridized carbons (Fsp3) is 0.571. The molecule has 0 atom stereocenters. The summed E-state index contributed by atoms with van der Waals surface area (Å²) >= 11 is 0. The van der Waals surface area contributed by atoms with Crippen LogP contribution in [0.5, 0.6) is 5.75 Å². The third kappa shape index (κ3) is 3.07. The number of rotatable bonds is 5. The Labute approximate surface area is 108 Å². The molecular formula is C14H22N2O2. The van der Waals surface area contributed by atoms with E-state index in [-0.39, 0.29) is 6.10 Å². The largest absolute Gasteiger partial charge is 0.494 e. The molecule has 0 bridgehead atoms. The minimum Gasteiger partial charge on any atom is -0.494 e. The van der Waals surface area contributed by atoms with Crippen LogP contribution < -0.4 is 15.4 Å². The van der Waals surface area contributed by atoms with Crippen LogP contribution in [0.1, 0.15) is 19.8 Å². The van der Waals surface area contributed by atoms with E-state index in [0.29, 0.717) is 12.5 Å². The minimum absolute atomic E-state index is 0.0942. The van der Waals surface area contributed by atoms with Crippen molar-refractivity contribution >= 4 is 11.4 Å². The van der Waals surface area contributed by atoms with Crippen LogP contribution >= 0.6 is 0 Å². The van der Waals surface area contributed by atoms with Gasteiger partial charge in [0.2, 0.25) is 0 Å². The van der Waals surface area contributed by atoms with E-state index in [0.717, 1.165) is 36.5 Å². The summed E-state index contributed by atoms with van der Waals surface area (Å²) in [5.74, 6) is 1.40. The zero-order valence-electron chi connectivity index (χ0n) is 11.1. The van der Waals surface area contributed by atoms with E-state index in [9.17, 15) is 5.11 Å². The predicted octanol–water partition coefficient (Wildman–Crippen LogP) is 1.87. The Morgan fingerprint density at radius 2 is 2.11 bits per heavy atom. The number of hydrogen-bond donors (Lipinski definition) is 2. The zero-order chi connectivity index (χ0) is 13.1. The topological polar surface area (TPSA) is 58.7 Å². The van der Waals surface area contributed by atoms with Crippen LogP contribution in [-0.2, 0) is 0 Å². The zero-order valence-corrected chi connectivity index (χ0v) is 11.1. The first-order valence-corrected chi connectivity index (χ1v) is 6.51. The number of aliphatic hydroxyl groups is 1. The Morgan fingerprint density at radius 1 is 1.39 bits per heavy atom. The molecule has 0 amide bonds. The molecule has 0 spiro atoms. The maximum Gasteiger partial charge on any atom is 0.123 e. The normalized spacial score (nSPS) is 22.4. The molecule has 1 fully saturated rings. The highest BCUT2D eigenvalue weighted by atomic mass is 16.5. The summed E-state index contributed by atoms with van der Waals surface area (Å²) in [5.41, 5.74) is 7.67. The molecule has 4 nitrogen and oxygen atoms in total. The van der Waals surface area contributed by atoms with Crippen LogP contribution in [0.2, 0.25) is 0 Å². The van der Waals surface area contributed by atoms with Crippen molar-refractivity contribution in [2.24, 2.45) is 5.92 Å². The Kier molecular flexibility index (Phi) is 3.97. The average Bonchev–Trinajstić information content (AvgIpc) is 2.26. The Morgan fingerprint density at radius 3 is 2.72 bits per heavy atom. The molecule has 1 aliphatic carbocycles. The maximum absolute atomic E-state index is 9.30. The van der Waals surface area contributed by atoms with E-state index < -0.39 is 0 Å². The molecule has 18 heavy (non-hydrogen) atoms. The van der Waals surface area contributed by atoms with Gasteiger partial charge in [-0.25, -0.2) is 0 Å². The fourth-order valence-electron chi connectivity index (χ4n) is 2.42. The van der Waals surface area contributed by atoms with E-state index in [4.69, 9.17) is 10.5 Å². The Balaban J connectivity index is 2.02. The molecule has 1 aromatic carbocycles. The number of nitrogens with zero attached hydrogens (tertiary/aromatic N) is 1. The fourth-order valence-corrected chi connectivity index (χ4v) is 2.42. The van der Waals surface area contributed by atoms with Crippen molar-refractivity contribution in [3.63, 3.8) is 0 Å². The lowest BCUT2D eigenvalue weighted by Crippen LogP contribution is -2.37. The lowest BCUT2D eigenvalue weighted by molar-refractivity contribution is 0.0465. The standard InChI is InChI=1S/C14H22N2O2/c1-3-18-14-7-11(15)6-12(8-14)16(2)9-10-4-13(17)5-10/h6-8,10,13,17H,3-5,9,15H2,1-2H3. The number of nitrogens with two attached hydrogens (primary N) is 1. The van der Waals surface area contributed by atoms with Gasteiger partial charge in [0.05, 0.1) is 12.7 Å². The molecule has 1 saturated carbocycles. The first kappa shape index (κ1) is 13.0. The summed E-state index contributed by atoms with van der Waals surface area (Å²) in [6.45, 7) is 3.55. The summed E-state index contributed by atoms with van der Waals surface area (Å²) in [6.07, 6.45) is 1.72. The first-order chi connectivity index (χ1) is 8.58. The summed E-state index contributed by atoms with van der Waals surface area (Å²) in [7, 11) is 2.05. The van der Waals surface area contributed by atoms with E-state index in [2.05, 4.69) is 11.9 Å². The van der Waals surface area contributed by atoms with Gasteiger partial charge < -0.3 is 20.5 Å². The molecular weight excluding hydrogens is 228 g/mol. The maximum atomic E-state index is 9.30. The first-order valence-electron chi connectivity index (χ1n) is 6.51. The molecule has 2 rings (SSSR count). The third-order valence-corrected chi connectivity index (χ3v) is 3.41. The van der Waals surface area contributed by atoms with Crippen molar-refractivity contribution < 1.29 is 9.84 Å². The van der Waals surface area contributed by atoms with Crippen LogP contribution in [0.25, 0.3) is 0 Å². The molecule has 0 aromatic heterocycles. The van der Waals surface area contributed by atoms with Crippen molar-refractivity contribution in [1.29, 1.82) is 0 Å². The molecule has 0 saturated heterocycles. The van der Waals surface area contributed by atoms with Gasteiger partial charge in [0.1, 0.15) is 5.75 Å². The minimum atomic E-state index is -0.0942. The monoisotopic (exact) mass is 250 g/mol. The lowest BCUT2D eigenvalue weighted by atomic mass is 9.82. The van der Waals surface area contributed by atoms with Gasteiger partial charge in [-0.05, 0) is 31.7 Å². The van der Waals surface area contributed by atoms with Crippen molar-refractivity contribution in [2.45, 2.75) is 25.9 Å². The number of hydrogen-bond acceptors (Lipinski definition) is 4. The van der Waals surface area contributed by atoms with Crippen molar-refractivity contribution in [3.8, 4) is 5.75 Å². The van der Waals surface area contributed by atoms with E-state index in [1.165, 1.54) is 0 Å². The SMILES string of the molecule is CCOc1cc(N)cc(N(C)CC2CC(O)C2)c1. The predicted molar refractivity (Wildman–Crippen MR) is 74.0 cm³/mol. The number of benzene rings is 1. The summed E-state index contributed by atoms with van der Waals surface area (Å²) in [4.78, 5) is 2.18. The van der Waals surface area contributed by atoms with Crippen molar-refractivity contribution in [2.75, 3.05) is 30.8 Å². The van der Waals surface area contributed by atoms with Gasteiger partial charge in [0, 0.05) is 37.1 Å². The Bertz CT molecular complexity index is 403. The van der Waals surface area contributed by atoms with Crippen LogP contribution in [0.15, 0.2) is 18.2 Å². The number of ether oxygens (including phenoxy) is 1. The van der Waals surface area contributed by atoms with Gasteiger partial charge in [-0.15, -0.1) is 0 Å².